The quantitative estimate of drug-likeness (QED) is 0.244. The normalized spacial score (nSPS) is 11.1. The van der Waals surface area contributed by atoms with Crippen molar-refractivity contribution in [3.63, 3.8) is 0 Å². The fraction of sp³-hybridized carbons (Fsp3) is 0.850. The summed E-state index contributed by atoms with van der Waals surface area (Å²) in [4.78, 5) is 33.7. The van der Waals surface area contributed by atoms with Crippen molar-refractivity contribution >= 4 is 17.9 Å². The number of carbonyl (C=O) groups is 3. The van der Waals surface area contributed by atoms with Gasteiger partial charge in [-0.2, -0.15) is 0 Å². The van der Waals surface area contributed by atoms with Crippen LogP contribution in [0, 0.1) is 5.41 Å². The molecule has 0 spiro atoms. The van der Waals surface area contributed by atoms with Crippen LogP contribution in [0.1, 0.15) is 85.5 Å². The molecule has 0 saturated heterocycles. The van der Waals surface area contributed by atoms with Crippen LogP contribution in [0.5, 0.6) is 0 Å². The third-order valence-electron chi connectivity index (χ3n) is 4.31. The van der Waals surface area contributed by atoms with Crippen molar-refractivity contribution in [2.45, 2.75) is 85.5 Å². The van der Waals surface area contributed by atoms with Crippen LogP contribution < -0.4 is 0 Å². The van der Waals surface area contributed by atoms with Gasteiger partial charge in [-0.15, -0.1) is 0 Å². The van der Waals surface area contributed by atoms with Crippen molar-refractivity contribution in [3.05, 3.63) is 0 Å². The van der Waals surface area contributed by atoms with Crippen LogP contribution in [0.15, 0.2) is 0 Å². The third-order valence-corrected chi connectivity index (χ3v) is 4.31. The molecule has 0 atom stereocenters. The number of carbonyl (C=O) groups excluding carboxylic acids is 3. The summed E-state index contributed by atoms with van der Waals surface area (Å²) in [7, 11) is 0. The highest BCUT2D eigenvalue weighted by atomic mass is 16.6. The van der Waals surface area contributed by atoms with Crippen molar-refractivity contribution in [1.29, 1.82) is 0 Å². The average Bonchev–Trinajstić information content (AvgIpc) is 2.57. The average molecular weight is 373 g/mol. The smallest absolute Gasteiger partial charge is 0.302 e. The van der Waals surface area contributed by atoms with E-state index < -0.39 is 23.3 Å². The molecule has 0 aromatic heterocycles. The molecule has 0 unspecified atom stereocenters. The zero-order chi connectivity index (χ0) is 19.8. The highest BCUT2D eigenvalue weighted by Crippen LogP contribution is 2.28. The Hall–Kier alpha value is -1.59. The SMILES string of the molecule is CCCCCCCCCCC(COC(C)=O)(COC(C)=O)COC(C)=O. The fourth-order valence-electron chi connectivity index (χ4n) is 2.74. The van der Waals surface area contributed by atoms with Crippen LogP contribution >= 0.6 is 0 Å². The molecular formula is C20H36O6. The Morgan fingerprint density at radius 2 is 0.962 bits per heavy atom. The first kappa shape index (κ1) is 24.4. The van der Waals surface area contributed by atoms with Gasteiger partial charge in [0.2, 0.25) is 0 Å². The van der Waals surface area contributed by atoms with E-state index in [0.717, 1.165) is 19.3 Å². The number of esters is 3. The molecule has 6 heteroatoms. The summed E-state index contributed by atoms with van der Waals surface area (Å²) >= 11 is 0. The van der Waals surface area contributed by atoms with E-state index in [-0.39, 0.29) is 19.8 Å². The molecule has 0 fully saturated rings. The highest BCUT2D eigenvalue weighted by molar-refractivity contribution is 5.67. The molecule has 0 bridgehead atoms. The lowest BCUT2D eigenvalue weighted by Gasteiger charge is -2.32. The summed E-state index contributed by atoms with van der Waals surface area (Å²) in [6.45, 7) is 6.41. The second-order valence-electron chi connectivity index (χ2n) is 7.07. The van der Waals surface area contributed by atoms with Gasteiger partial charge in [-0.3, -0.25) is 14.4 Å². The largest absolute Gasteiger partial charge is 0.465 e. The standard InChI is InChI=1S/C20H36O6/c1-5-6-7-8-9-10-11-12-13-20(14-24-17(2)21,15-25-18(3)22)16-26-19(4)23/h5-16H2,1-4H3. The van der Waals surface area contributed by atoms with Gasteiger partial charge in [0.25, 0.3) is 0 Å². The van der Waals surface area contributed by atoms with E-state index in [4.69, 9.17) is 14.2 Å². The van der Waals surface area contributed by atoms with Crippen LogP contribution in [0.2, 0.25) is 0 Å². The van der Waals surface area contributed by atoms with Gasteiger partial charge in [-0.1, -0.05) is 58.3 Å². The minimum absolute atomic E-state index is 0.0688. The highest BCUT2D eigenvalue weighted by Gasteiger charge is 2.34. The minimum atomic E-state index is -0.689. The lowest BCUT2D eigenvalue weighted by Crippen LogP contribution is -2.39. The van der Waals surface area contributed by atoms with E-state index in [9.17, 15) is 14.4 Å². The number of rotatable bonds is 15. The van der Waals surface area contributed by atoms with Crippen LogP contribution in [0.25, 0.3) is 0 Å². The van der Waals surface area contributed by atoms with Crippen molar-refractivity contribution in [2.24, 2.45) is 5.41 Å². The van der Waals surface area contributed by atoms with Gasteiger partial charge in [0.15, 0.2) is 0 Å². The Balaban J connectivity index is 4.60. The third kappa shape index (κ3) is 13.7. The first-order valence-corrected chi connectivity index (χ1v) is 9.71. The Morgan fingerprint density at radius 1 is 0.615 bits per heavy atom. The Morgan fingerprint density at radius 3 is 1.31 bits per heavy atom. The Bertz CT molecular complexity index is 373. The van der Waals surface area contributed by atoms with Gasteiger partial charge in [-0.05, 0) is 6.42 Å². The van der Waals surface area contributed by atoms with Gasteiger partial charge in [-0.25, -0.2) is 0 Å². The summed E-state index contributed by atoms with van der Waals surface area (Å²) in [5, 5.41) is 0. The van der Waals surface area contributed by atoms with Crippen molar-refractivity contribution in [3.8, 4) is 0 Å². The molecule has 26 heavy (non-hydrogen) atoms. The molecule has 0 amide bonds. The molecule has 0 aliphatic heterocycles. The maximum Gasteiger partial charge on any atom is 0.302 e. The number of unbranched alkanes of at least 4 members (excludes halogenated alkanes) is 7. The second kappa shape index (κ2) is 14.6. The maximum absolute atomic E-state index is 11.2. The molecule has 0 aliphatic rings. The van der Waals surface area contributed by atoms with Crippen molar-refractivity contribution in [2.75, 3.05) is 19.8 Å². The van der Waals surface area contributed by atoms with Gasteiger partial charge in [0.1, 0.15) is 19.8 Å². The van der Waals surface area contributed by atoms with E-state index in [1.807, 2.05) is 0 Å². The summed E-state index contributed by atoms with van der Waals surface area (Å²) in [6.07, 6.45) is 10.0. The predicted molar refractivity (Wildman–Crippen MR) is 99.6 cm³/mol. The van der Waals surface area contributed by atoms with Gasteiger partial charge in [0, 0.05) is 20.8 Å². The molecule has 0 aromatic rings. The summed E-state index contributed by atoms with van der Waals surface area (Å²) in [5.41, 5.74) is -0.689. The van der Waals surface area contributed by atoms with Crippen molar-refractivity contribution in [1.82, 2.24) is 0 Å². The van der Waals surface area contributed by atoms with E-state index in [1.165, 1.54) is 52.9 Å². The molecule has 6 nitrogen and oxygen atoms in total. The summed E-state index contributed by atoms with van der Waals surface area (Å²) in [6, 6.07) is 0. The molecule has 0 radical (unpaired) electrons. The lowest BCUT2D eigenvalue weighted by atomic mass is 9.84. The second-order valence-corrected chi connectivity index (χ2v) is 7.07. The monoisotopic (exact) mass is 372 g/mol. The van der Waals surface area contributed by atoms with E-state index >= 15 is 0 Å². The molecule has 0 aliphatic carbocycles. The van der Waals surface area contributed by atoms with Crippen LogP contribution in [0.4, 0.5) is 0 Å². The molecule has 0 rings (SSSR count). The molecule has 0 aromatic carbocycles. The van der Waals surface area contributed by atoms with Gasteiger partial charge < -0.3 is 14.2 Å². The first-order chi connectivity index (χ1) is 12.3. The molecule has 0 saturated carbocycles. The van der Waals surface area contributed by atoms with E-state index in [0.29, 0.717) is 6.42 Å². The van der Waals surface area contributed by atoms with E-state index in [1.54, 1.807) is 0 Å². The predicted octanol–water partition coefficient (Wildman–Crippen LogP) is 4.19. The molecule has 152 valence electrons. The zero-order valence-corrected chi connectivity index (χ0v) is 16.9. The minimum Gasteiger partial charge on any atom is -0.465 e. The lowest BCUT2D eigenvalue weighted by molar-refractivity contribution is -0.159. The van der Waals surface area contributed by atoms with Crippen LogP contribution in [0.3, 0.4) is 0 Å². The van der Waals surface area contributed by atoms with Crippen LogP contribution in [-0.2, 0) is 28.6 Å². The number of hydrogen-bond acceptors (Lipinski definition) is 6. The summed E-state index contributed by atoms with van der Waals surface area (Å²) < 4.78 is 15.5. The molecule has 0 heterocycles. The Labute approximate surface area is 157 Å². The zero-order valence-electron chi connectivity index (χ0n) is 16.9. The summed E-state index contributed by atoms with van der Waals surface area (Å²) in [5.74, 6) is -1.22. The first-order valence-electron chi connectivity index (χ1n) is 9.71. The van der Waals surface area contributed by atoms with Crippen molar-refractivity contribution < 1.29 is 28.6 Å². The number of hydrogen-bond donors (Lipinski definition) is 0. The topological polar surface area (TPSA) is 78.9 Å². The van der Waals surface area contributed by atoms with Gasteiger partial charge >= 0.3 is 17.9 Å². The molecule has 0 N–H and O–H groups in total. The molecular weight excluding hydrogens is 336 g/mol. The van der Waals surface area contributed by atoms with E-state index in [2.05, 4.69) is 6.92 Å². The maximum atomic E-state index is 11.2. The van der Waals surface area contributed by atoms with Crippen LogP contribution in [-0.4, -0.2) is 37.7 Å². The van der Waals surface area contributed by atoms with Gasteiger partial charge in [0.05, 0.1) is 5.41 Å². The fourth-order valence-corrected chi connectivity index (χ4v) is 2.74. The Kier molecular flexibility index (Phi) is 13.7. The number of ether oxygens (including phenoxy) is 3.